The fraction of sp³-hybridized carbons (Fsp3) is 0.129. The number of fused-ring (bicyclic) bond motifs is 1. The van der Waals surface area contributed by atoms with Gasteiger partial charge in [0.05, 0.1) is 19.9 Å². The van der Waals surface area contributed by atoms with Gasteiger partial charge < -0.3 is 14.4 Å². The lowest BCUT2D eigenvalue weighted by atomic mass is 9.94. The summed E-state index contributed by atoms with van der Waals surface area (Å²) in [5.41, 5.74) is 6.62. The van der Waals surface area contributed by atoms with Crippen molar-refractivity contribution in [1.29, 1.82) is 0 Å². The van der Waals surface area contributed by atoms with Crippen LogP contribution in [-0.2, 0) is 0 Å². The molecule has 5 rings (SSSR count). The Morgan fingerprint density at radius 2 is 1.09 bits per heavy atom. The van der Waals surface area contributed by atoms with E-state index < -0.39 is 0 Å². The van der Waals surface area contributed by atoms with Crippen LogP contribution in [0, 0.1) is 0 Å². The van der Waals surface area contributed by atoms with E-state index in [1.54, 1.807) is 14.2 Å². The number of methoxy groups -OCH3 is 2. The van der Waals surface area contributed by atoms with E-state index in [0.29, 0.717) is 11.5 Å². The molecule has 0 aliphatic carbocycles. The smallest absolute Gasteiger partial charge is 0.161 e. The molecule has 0 atom stereocenters. The first-order chi connectivity index (χ1) is 17.1. The first-order valence-electron chi connectivity index (χ1n) is 11.6. The Bertz CT molecular complexity index is 1420. The van der Waals surface area contributed by atoms with Crippen molar-refractivity contribution in [3.8, 4) is 45.0 Å². The van der Waals surface area contributed by atoms with Crippen molar-refractivity contribution in [3.63, 3.8) is 0 Å². The van der Waals surface area contributed by atoms with Crippen LogP contribution in [0.25, 0.3) is 44.3 Å². The average Bonchev–Trinajstić information content (AvgIpc) is 2.92. The Hall–Kier alpha value is -4.31. The molecule has 0 aliphatic rings. The molecule has 5 aromatic rings. The molecule has 0 bridgehead atoms. The molecule has 1 heterocycles. The van der Waals surface area contributed by atoms with Crippen molar-refractivity contribution < 1.29 is 9.47 Å². The molecule has 174 valence electrons. The molecule has 0 N–H and O–H groups in total. The van der Waals surface area contributed by atoms with Gasteiger partial charge in [-0.15, -0.1) is 0 Å². The standard InChI is InChI=1S/C31H28N2O2/c1-33(2)31-27-20-30(35-4)29(34-3)19-25(27)18-28(32-31)26-16-23(21-11-7-5-8-12-21)15-24(17-26)22-13-9-6-10-14-22/h5-20H,1-4H3. The SMILES string of the molecule is COc1cc2cc(-c3cc(-c4ccccc4)cc(-c4ccccc4)c3)nc(N(C)C)c2cc1OC. The summed E-state index contributed by atoms with van der Waals surface area (Å²) in [6.07, 6.45) is 0. The maximum absolute atomic E-state index is 5.59. The van der Waals surface area contributed by atoms with Gasteiger partial charge in [-0.25, -0.2) is 4.98 Å². The first-order valence-corrected chi connectivity index (χ1v) is 11.6. The van der Waals surface area contributed by atoms with E-state index in [9.17, 15) is 0 Å². The number of anilines is 1. The molecule has 35 heavy (non-hydrogen) atoms. The molecule has 0 amide bonds. The number of nitrogens with zero attached hydrogens (tertiary/aromatic N) is 2. The minimum absolute atomic E-state index is 0.690. The molecule has 4 aromatic carbocycles. The van der Waals surface area contributed by atoms with Crippen molar-refractivity contribution in [2.24, 2.45) is 0 Å². The van der Waals surface area contributed by atoms with Crippen LogP contribution < -0.4 is 14.4 Å². The Morgan fingerprint density at radius 1 is 0.571 bits per heavy atom. The molecule has 0 saturated carbocycles. The minimum Gasteiger partial charge on any atom is -0.493 e. The van der Waals surface area contributed by atoms with E-state index in [1.165, 1.54) is 11.1 Å². The van der Waals surface area contributed by atoms with Gasteiger partial charge in [0.15, 0.2) is 11.5 Å². The zero-order valence-electron chi connectivity index (χ0n) is 20.4. The fourth-order valence-electron chi connectivity index (χ4n) is 4.42. The maximum Gasteiger partial charge on any atom is 0.161 e. The van der Waals surface area contributed by atoms with Crippen LogP contribution in [0.2, 0.25) is 0 Å². The molecule has 0 radical (unpaired) electrons. The van der Waals surface area contributed by atoms with Gasteiger partial charge in [-0.05, 0) is 64.0 Å². The topological polar surface area (TPSA) is 34.6 Å². The van der Waals surface area contributed by atoms with E-state index in [1.807, 2.05) is 43.3 Å². The minimum atomic E-state index is 0.690. The zero-order chi connectivity index (χ0) is 24.4. The molecule has 0 fully saturated rings. The lowest BCUT2D eigenvalue weighted by Crippen LogP contribution is -2.11. The number of hydrogen-bond acceptors (Lipinski definition) is 4. The number of ether oxygens (including phenoxy) is 2. The van der Waals surface area contributed by atoms with Gasteiger partial charge in [-0.1, -0.05) is 60.7 Å². The lowest BCUT2D eigenvalue weighted by Gasteiger charge is -2.19. The second-order valence-electron chi connectivity index (χ2n) is 8.68. The molecule has 4 heteroatoms. The number of rotatable bonds is 6. The highest BCUT2D eigenvalue weighted by Crippen LogP contribution is 2.39. The van der Waals surface area contributed by atoms with Crippen molar-refractivity contribution in [3.05, 3.63) is 97.1 Å². The largest absolute Gasteiger partial charge is 0.493 e. The maximum atomic E-state index is 5.59. The molecule has 4 nitrogen and oxygen atoms in total. The molecule has 0 spiro atoms. The zero-order valence-corrected chi connectivity index (χ0v) is 20.4. The Balaban J connectivity index is 1.76. The summed E-state index contributed by atoms with van der Waals surface area (Å²) in [5.74, 6) is 2.27. The fourth-order valence-corrected chi connectivity index (χ4v) is 4.42. The Kier molecular flexibility index (Phi) is 6.11. The van der Waals surface area contributed by atoms with Crippen LogP contribution in [0.1, 0.15) is 0 Å². The van der Waals surface area contributed by atoms with Gasteiger partial charge in [0.2, 0.25) is 0 Å². The van der Waals surface area contributed by atoms with Gasteiger partial charge in [0.25, 0.3) is 0 Å². The van der Waals surface area contributed by atoms with Crippen LogP contribution >= 0.6 is 0 Å². The van der Waals surface area contributed by atoms with Gasteiger partial charge in [0.1, 0.15) is 5.82 Å². The van der Waals surface area contributed by atoms with E-state index in [2.05, 4.69) is 72.8 Å². The predicted octanol–water partition coefficient (Wildman–Crippen LogP) is 7.32. The van der Waals surface area contributed by atoms with Crippen molar-refractivity contribution >= 4 is 16.6 Å². The second-order valence-corrected chi connectivity index (χ2v) is 8.68. The summed E-state index contributed by atoms with van der Waals surface area (Å²) in [6, 6.07) is 33.8. The third-order valence-corrected chi connectivity index (χ3v) is 6.18. The number of pyridine rings is 1. The van der Waals surface area contributed by atoms with Crippen molar-refractivity contribution in [2.45, 2.75) is 0 Å². The van der Waals surface area contributed by atoms with Gasteiger partial charge in [-0.3, -0.25) is 0 Å². The summed E-state index contributed by atoms with van der Waals surface area (Å²) in [4.78, 5) is 7.14. The predicted molar refractivity (Wildman–Crippen MR) is 145 cm³/mol. The first kappa shape index (κ1) is 22.5. The van der Waals surface area contributed by atoms with Crippen LogP contribution in [-0.4, -0.2) is 33.3 Å². The van der Waals surface area contributed by atoms with Crippen LogP contribution in [0.5, 0.6) is 11.5 Å². The Morgan fingerprint density at radius 3 is 1.60 bits per heavy atom. The summed E-state index contributed by atoms with van der Waals surface area (Å²) in [6.45, 7) is 0. The molecule has 0 unspecified atom stereocenters. The highest BCUT2D eigenvalue weighted by atomic mass is 16.5. The number of hydrogen-bond donors (Lipinski definition) is 0. The quantitative estimate of drug-likeness (QED) is 0.266. The van der Waals surface area contributed by atoms with Crippen molar-refractivity contribution in [1.82, 2.24) is 4.98 Å². The normalized spacial score (nSPS) is 10.9. The van der Waals surface area contributed by atoms with Crippen LogP contribution in [0.4, 0.5) is 5.82 Å². The molecular formula is C31H28N2O2. The summed E-state index contributed by atoms with van der Waals surface area (Å²) in [7, 11) is 7.34. The lowest BCUT2D eigenvalue weighted by molar-refractivity contribution is 0.356. The summed E-state index contributed by atoms with van der Waals surface area (Å²) in [5, 5.41) is 2.06. The van der Waals surface area contributed by atoms with E-state index in [0.717, 1.165) is 39.0 Å². The molecule has 1 aromatic heterocycles. The molecule has 0 saturated heterocycles. The van der Waals surface area contributed by atoms with E-state index in [4.69, 9.17) is 14.5 Å². The van der Waals surface area contributed by atoms with Crippen LogP contribution in [0.15, 0.2) is 97.1 Å². The second kappa shape index (κ2) is 9.51. The average molecular weight is 461 g/mol. The summed E-state index contributed by atoms with van der Waals surface area (Å²) >= 11 is 0. The highest BCUT2D eigenvalue weighted by molar-refractivity contribution is 5.97. The van der Waals surface area contributed by atoms with Gasteiger partial charge in [0, 0.05) is 25.0 Å². The van der Waals surface area contributed by atoms with Gasteiger partial charge >= 0.3 is 0 Å². The van der Waals surface area contributed by atoms with Crippen molar-refractivity contribution in [2.75, 3.05) is 33.2 Å². The van der Waals surface area contributed by atoms with E-state index in [-0.39, 0.29) is 0 Å². The number of benzene rings is 4. The summed E-state index contributed by atoms with van der Waals surface area (Å²) < 4.78 is 11.1. The van der Waals surface area contributed by atoms with E-state index >= 15 is 0 Å². The molecule has 0 aliphatic heterocycles. The third-order valence-electron chi connectivity index (χ3n) is 6.18. The van der Waals surface area contributed by atoms with Crippen LogP contribution in [0.3, 0.4) is 0 Å². The Labute approximate surface area is 206 Å². The monoisotopic (exact) mass is 460 g/mol. The number of aromatic nitrogens is 1. The highest BCUT2D eigenvalue weighted by Gasteiger charge is 2.15. The third kappa shape index (κ3) is 4.43. The van der Waals surface area contributed by atoms with Gasteiger partial charge in [-0.2, -0.15) is 0 Å². The molecular weight excluding hydrogens is 432 g/mol.